The second kappa shape index (κ2) is 11.8. The highest BCUT2D eigenvalue weighted by Gasteiger charge is 2.32. The number of carbonyl (C=O) groups excluding carboxylic acids is 2. The molecule has 5 nitrogen and oxygen atoms in total. The van der Waals surface area contributed by atoms with Crippen LogP contribution in [-0.4, -0.2) is 23.8 Å². The van der Waals surface area contributed by atoms with Crippen molar-refractivity contribution in [1.82, 2.24) is 4.90 Å². The quantitative estimate of drug-likeness (QED) is 0.329. The Morgan fingerprint density at radius 3 is 2.08 bits per heavy atom. The van der Waals surface area contributed by atoms with Gasteiger partial charge in [0.25, 0.3) is 5.91 Å². The number of nitrogens with zero attached hydrogens (tertiary/aromatic N) is 1. The van der Waals surface area contributed by atoms with E-state index >= 15 is 0 Å². The molecule has 4 rings (SSSR count). The minimum absolute atomic E-state index is 0.106. The zero-order chi connectivity index (χ0) is 25.3. The van der Waals surface area contributed by atoms with Crippen LogP contribution in [0.2, 0.25) is 0 Å². The fourth-order valence-corrected chi connectivity index (χ4v) is 4.01. The van der Waals surface area contributed by atoms with E-state index in [1.165, 1.54) is 17.0 Å². The highest BCUT2D eigenvalue weighted by molar-refractivity contribution is 5.98. The summed E-state index contributed by atoms with van der Waals surface area (Å²) in [5.74, 6) is -0.518. The predicted octanol–water partition coefficient (Wildman–Crippen LogP) is 5.79. The Kier molecular flexibility index (Phi) is 8.08. The topological polar surface area (TPSA) is 58.6 Å². The van der Waals surface area contributed by atoms with Crippen molar-refractivity contribution in [3.05, 3.63) is 132 Å². The molecule has 1 N–H and O–H groups in total. The van der Waals surface area contributed by atoms with Gasteiger partial charge in [-0.05, 0) is 53.1 Å². The molecule has 4 aromatic carbocycles. The minimum Gasteiger partial charge on any atom is -0.497 e. The molecule has 1 unspecified atom stereocenters. The maximum Gasteiger partial charge on any atom is 0.251 e. The number of ether oxygens (including phenoxy) is 1. The SMILES string of the molecule is COc1ccc(NC(=O)C(c2cccc(F)c2)N(Cc2ccccc2)C(=O)Cc2ccccc2)cc1. The molecule has 0 spiro atoms. The lowest BCUT2D eigenvalue weighted by Gasteiger charge is -2.32. The van der Waals surface area contributed by atoms with E-state index in [0.717, 1.165) is 11.1 Å². The molecule has 0 aliphatic carbocycles. The van der Waals surface area contributed by atoms with Gasteiger partial charge in [0.05, 0.1) is 13.5 Å². The molecule has 0 fully saturated rings. The van der Waals surface area contributed by atoms with E-state index in [-0.39, 0.29) is 18.9 Å². The molecule has 2 amide bonds. The third-order valence-corrected chi connectivity index (χ3v) is 5.80. The van der Waals surface area contributed by atoms with Crippen molar-refractivity contribution in [1.29, 1.82) is 0 Å². The van der Waals surface area contributed by atoms with Crippen molar-refractivity contribution < 1.29 is 18.7 Å². The first-order valence-corrected chi connectivity index (χ1v) is 11.6. The standard InChI is InChI=1S/C30H27FN2O3/c1-36-27-17-15-26(16-18-27)32-30(35)29(24-13-8-14-25(31)20-24)33(21-23-11-6-3-7-12-23)28(34)19-22-9-4-2-5-10-22/h2-18,20,29H,19,21H2,1H3,(H,32,35). The average molecular weight is 483 g/mol. The lowest BCUT2D eigenvalue weighted by atomic mass is 10.0. The summed E-state index contributed by atoms with van der Waals surface area (Å²) in [6, 6.07) is 30.4. The van der Waals surface area contributed by atoms with Crippen LogP contribution in [0.4, 0.5) is 10.1 Å². The molecule has 1 atom stereocenters. The largest absolute Gasteiger partial charge is 0.497 e. The Hall–Kier alpha value is -4.45. The molecule has 0 saturated heterocycles. The number of hydrogen-bond acceptors (Lipinski definition) is 3. The number of anilines is 1. The molecule has 0 heterocycles. The predicted molar refractivity (Wildman–Crippen MR) is 138 cm³/mol. The Morgan fingerprint density at radius 1 is 0.833 bits per heavy atom. The minimum atomic E-state index is -1.06. The summed E-state index contributed by atoms with van der Waals surface area (Å²) in [7, 11) is 1.56. The smallest absolute Gasteiger partial charge is 0.251 e. The van der Waals surface area contributed by atoms with Crippen molar-refractivity contribution in [2.75, 3.05) is 12.4 Å². The number of hydrogen-bond donors (Lipinski definition) is 1. The van der Waals surface area contributed by atoms with Gasteiger partial charge in [-0.1, -0.05) is 72.8 Å². The number of nitrogens with one attached hydrogen (secondary N) is 1. The Balaban J connectivity index is 1.72. The van der Waals surface area contributed by atoms with Crippen LogP contribution < -0.4 is 10.1 Å². The maximum atomic E-state index is 14.3. The molecular formula is C30H27FN2O3. The second-order valence-electron chi connectivity index (χ2n) is 8.34. The summed E-state index contributed by atoms with van der Waals surface area (Å²) in [5, 5.41) is 2.89. The molecule has 0 aliphatic heterocycles. The molecule has 0 bridgehead atoms. The molecule has 0 aromatic heterocycles. The van der Waals surface area contributed by atoms with E-state index < -0.39 is 17.8 Å². The molecule has 0 radical (unpaired) electrons. The average Bonchev–Trinajstić information content (AvgIpc) is 2.90. The van der Waals surface area contributed by atoms with Crippen molar-refractivity contribution in [2.45, 2.75) is 19.0 Å². The number of rotatable bonds is 9. The van der Waals surface area contributed by atoms with Crippen LogP contribution in [0.15, 0.2) is 109 Å². The zero-order valence-electron chi connectivity index (χ0n) is 19.9. The van der Waals surface area contributed by atoms with Crippen LogP contribution in [0.5, 0.6) is 5.75 Å². The maximum absolute atomic E-state index is 14.3. The van der Waals surface area contributed by atoms with E-state index in [0.29, 0.717) is 17.0 Å². The summed E-state index contributed by atoms with van der Waals surface area (Å²) >= 11 is 0. The molecule has 0 aliphatic rings. The third-order valence-electron chi connectivity index (χ3n) is 5.80. The molecule has 0 saturated carbocycles. The van der Waals surface area contributed by atoms with Crippen LogP contribution in [0.3, 0.4) is 0 Å². The molecule has 182 valence electrons. The lowest BCUT2D eigenvalue weighted by molar-refractivity contribution is -0.139. The first-order valence-electron chi connectivity index (χ1n) is 11.6. The summed E-state index contributed by atoms with van der Waals surface area (Å²) in [6.07, 6.45) is 0.106. The molecule has 4 aromatic rings. The summed E-state index contributed by atoms with van der Waals surface area (Å²) < 4.78 is 19.5. The van der Waals surface area contributed by atoms with Crippen molar-refractivity contribution >= 4 is 17.5 Å². The van der Waals surface area contributed by atoms with Crippen molar-refractivity contribution in [3.8, 4) is 5.75 Å². The van der Waals surface area contributed by atoms with Gasteiger partial charge in [-0.25, -0.2) is 4.39 Å². The van der Waals surface area contributed by atoms with Gasteiger partial charge in [-0.2, -0.15) is 0 Å². The van der Waals surface area contributed by atoms with Crippen LogP contribution in [0, 0.1) is 5.82 Å². The zero-order valence-corrected chi connectivity index (χ0v) is 19.9. The number of benzene rings is 4. The normalized spacial score (nSPS) is 11.4. The van der Waals surface area contributed by atoms with E-state index in [1.807, 2.05) is 60.7 Å². The first kappa shape index (κ1) is 24.7. The molecule has 36 heavy (non-hydrogen) atoms. The van der Waals surface area contributed by atoms with Gasteiger partial charge >= 0.3 is 0 Å². The van der Waals surface area contributed by atoms with Gasteiger partial charge in [0, 0.05) is 12.2 Å². The lowest BCUT2D eigenvalue weighted by Crippen LogP contribution is -2.41. The highest BCUT2D eigenvalue weighted by atomic mass is 19.1. The van der Waals surface area contributed by atoms with Crippen LogP contribution in [-0.2, 0) is 22.6 Å². The van der Waals surface area contributed by atoms with Crippen LogP contribution in [0.1, 0.15) is 22.7 Å². The van der Waals surface area contributed by atoms with Gasteiger partial charge < -0.3 is 15.0 Å². The molecule has 6 heteroatoms. The second-order valence-corrected chi connectivity index (χ2v) is 8.34. The Labute approximate surface area is 210 Å². The first-order chi connectivity index (χ1) is 17.5. The highest BCUT2D eigenvalue weighted by Crippen LogP contribution is 2.27. The van der Waals surface area contributed by atoms with Crippen LogP contribution >= 0.6 is 0 Å². The number of amides is 2. The Bertz CT molecular complexity index is 1290. The van der Waals surface area contributed by atoms with E-state index in [9.17, 15) is 14.0 Å². The fraction of sp³-hybridized carbons (Fsp3) is 0.133. The van der Waals surface area contributed by atoms with Crippen LogP contribution in [0.25, 0.3) is 0 Å². The number of halogens is 1. The third kappa shape index (κ3) is 6.36. The van der Waals surface area contributed by atoms with Gasteiger partial charge in [0.2, 0.25) is 5.91 Å². The van der Waals surface area contributed by atoms with Gasteiger partial charge in [0.15, 0.2) is 0 Å². The van der Waals surface area contributed by atoms with Crippen molar-refractivity contribution in [3.63, 3.8) is 0 Å². The summed E-state index contributed by atoms with van der Waals surface area (Å²) in [5.41, 5.74) is 2.61. The summed E-state index contributed by atoms with van der Waals surface area (Å²) in [6.45, 7) is 0.184. The fourth-order valence-electron chi connectivity index (χ4n) is 4.01. The van der Waals surface area contributed by atoms with Gasteiger partial charge in [0.1, 0.15) is 17.6 Å². The van der Waals surface area contributed by atoms with Gasteiger partial charge in [-0.15, -0.1) is 0 Å². The van der Waals surface area contributed by atoms with E-state index in [2.05, 4.69) is 5.32 Å². The van der Waals surface area contributed by atoms with E-state index in [4.69, 9.17) is 4.74 Å². The number of carbonyl (C=O) groups is 2. The van der Waals surface area contributed by atoms with Crippen molar-refractivity contribution in [2.24, 2.45) is 0 Å². The van der Waals surface area contributed by atoms with Gasteiger partial charge in [-0.3, -0.25) is 9.59 Å². The molecular weight excluding hydrogens is 455 g/mol. The monoisotopic (exact) mass is 482 g/mol. The number of methoxy groups -OCH3 is 1. The van der Waals surface area contributed by atoms with E-state index in [1.54, 1.807) is 43.5 Å². The summed E-state index contributed by atoms with van der Waals surface area (Å²) in [4.78, 5) is 28.9. The Morgan fingerprint density at radius 2 is 1.47 bits per heavy atom.